The van der Waals surface area contributed by atoms with E-state index >= 15 is 4.39 Å². The Hall–Kier alpha value is -3.45. The van der Waals surface area contributed by atoms with Gasteiger partial charge in [-0.1, -0.05) is 18.5 Å². The van der Waals surface area contributed by atoms with Crippen LogP contribution in [0.5, 0.6) is 0 Å². The molecule has 0 saturated carbocycles. The Bertz CT molecular complexity index is 1610. The van der Waals surface area contributed by atoms with Gasteiger partial charge in [-0.2, -0.15) is 5.10 Å². The Morgan fingerprint density at radius 2 is 2.14 bits per heavy atom. The van der Waals surface area contributed by atoms with Gasteiger partial charge in [-0.05, 0) is 38.3 Å². The van der Waals surface area contributed by atoms with Crippen molar-refractivity contribution < 1.29 is 31.9 Å². The second-order valence-electron chi connectivity index (χ2n) is 7.49. The molecule has 1 aromatic carbocycles. The zero-order valence-electron chi connectivity index (χ0n) is 26.0. The number of aromatic nitrogens is 4. The molecule has 0 aliphatic carbocycles. The molecular weight excluding hydrogens is 513 g/mol. The smallest absolute Gasteiger partial charge is 0.404 e. The quantitative estimate of drug-likeness (QED) is 0.344. The third kappa shape index (κ3) is 6.82. The number of amides is 1. The van der Waals surface area contributed by atoms with Crippen molar-refractivity contribution >= 4 is 39.4 Å². The second-order valence-corrected chi connectivity index (χ2v) is 9.67. The van der Waals surface area contributed by atoms with Gasteiger partial charge in [-0.15, -0.1) is 0 Å². The maximum absolute atomic E-state index is 15.8. The third-order valence-corrected chi connectivity index (χ3v) is 5.50. The summed E-state index contributed by atoms with van der Waals surface area (Å²) in [6.07, 6.45) is 1.71. The molecule has 3 rings (SSSR count). The monoisotopic (exact) mass is 546 g/mol. The van der Waals surface area contributed by atoms with Crippen LogP contribution in [0.1, 0.15) is 42.7 Å². The van der Waals surface area contributed by atoms with Crippen molar-refractivity contribution in [3.05, 3.63) is 41.4 Å². The van der Waals surface area contributed by atoms with E-state index < -0.39 is 64.7 Å². The fourth-order valence-corrected chi connectivity index (χ4v) is 3.91. The SMILES string of the molecule is [2H]C([2H])([2H])C([2H])(n1cc(-c2ccnc(NC[C@H](CC)OC(N)=O)n2)c(-c2cc(Cl)cc(NS(C)(=O)=O)c2F)n1)C([2H])([2H])[2H]. The van der Waals surface area contributed by atoms with Crippen LogP contribution in [0.3, 0.4) is 0 Å². The average Bonchev–Trinajstić information content (AvgIpc) is 3.31. The van der Waals surface area contributed by atoms with E-state index in [1.165, 1.54) is 12.3 Å². The summed E-state index contributed by atoms with van der Waals surface area (Å²) in [5.74, 6) is -1.21. The molecule has 36 heavy (non-hydrogen) atoms. The predicted molar refractivity (Wildman–Crippen MR) is 136 cm³/mol. The van der Waals surface area contributed by atoms with Gasteiger partial charge in [0.15, 0.2) is 5.82 Å². The van der Waals surface area contributed by atoms with Crippen LogP contribution in [-0.4, -0.2) is 53.2 Å². The zero-order chi connectivity index (χ0) is 32.5. The van der Waals surface area contributed by atoms with Gasteiger partial charge < -0.3 is 15.8 Å². The normalized spacial score (nSPS) is 16.3. The standard InChI is InChI=1S/C22H27ClFN7O4S/c1-5-14(35-21(25)32)10-27-22-26-7-6-17(28-22)16-11-31(12(2)3)29-20(16)15-8-13(23)9-18(19(15)24)30-36(4,33)34/h6-9,11-12,14,30H,5,10H2,1-4H3,(H2,25,32)(H,26,27,28)/t14-/m0/s1/i2D3,3D3,12D. The molecule has 2 heterocycles. The fourth-order valence-electron chi connectivity index (χ4n) is 3.14. The number of carbonyl (C=O) groups is 1. The van der Waals surface area contributed by atoms with E-state index in [2.05, 4.69) is 20.4 Å². The van der Waals surface area contributed by atoms with Gasteiger partial charge in [0, 0.05) is 42.8 Å². The molecule has 2 aromatic heterocycles. The van der Waals surface area contributed by atoms with Crippen molar-refractivity contribution in [2.75, 3.05) is 22.8 Å². The van der Waals surface area contributed by atoms with Crippen LogP contribution in [-0.2, 0) is 14.8 Å². The summed E-state index contributed by atoms with van der Waals surface area (Å²) in [5.41, 5.74) is 3.46. The van der Waals surface area contributed by atoms with Crippen LogP contribution in [0.25, 0.3) is 22.5 Å². The molecule has 194 valence electrons. The Kier molecular flexibility index (Phi) is 5.78. The van der Waals surface area contributed by atoms with Gasteiger partial charge in [0.05, 0.1) is 25.6 Å². The maximum Gasteiger partial charge on any atom is 0.404 e. The number of hydrogen-bond donors (Lipinski definition) is 3. The number of halogens is 2. The highest BCUT2D eigenvalue weighted by Gasteiger charge is 2.22. The molecule has 0 aliphatic heterocycles. The minimum atomic E-state index is -3.98. The Morgan fingerprint density at radius 1 is 1.39 bits per heavy atom. The lowest BCUT2D eigenvalue weighted by molar-refractivity contribution is 0.110. The van der Waals surface area contributed by atoms with Gasteiger partial charge in [0.1, 0.15) is 11.8 Å². The number of primary amides is 1. The minimum Gasteiger partial charge on any atom is -0.445 e. The van der Waals surface area contributed by atoms with Crippen molar-refractivity contribution in [2.45, 2.75) is 39.2 Å². The van der Waals surface area contributed by atoms with E-state index in [1.807, 2.05) is 4.72 Å². The van der Waals surface area contributed by atoms with Crippen molar-refractivity contribution in [1.82, 2.24) is 19.7 Å². The number of nitrogens with zero attached hydrogens (tertiary/aromatic N) is 4. The summed E-state index contributed by atoms with van der Waals surface area (Å²) in [5, 5.41) is 6.72. The van der Waals surface area contributed by atoms with Crippen molar-refractivity contribution in [3.8, 4) is 22.5 Å². The Labute approximate surface area is 223 Å². The molecule has 0 bridgehead atoms. The molecule has 0 saturated heterocycles. The number of ether oxygens (including phenoxy) is 1. The van der Waals surface area contributed by atoms with Gasteiger partial charge >= 0.3 is 6.09 Å². The molecule has 0 aliphatic rings. The Morgan fingerprint density at radius 3 is 2.78 bits per heavy atom. The minimum absolute atomic E-state index is 0.0296. The summed E-state index contributed by atoms with van der Waals surface area (Å²) in [7, 11) is -3.98. The number of rotatable bonds is 10. The number of nitrogens with two attached hydrogens (primary N) is 1. The molecule has 1 atom stereocenters. The van der Waals surface area contributed by atoms with Crippen LogP contribution >= 0.6 is 11.6 Å². The largest absolute Gasteiger partial charge is 0.445 e. The highest BCUT2D eigenvalue weighted by Crippen LogP contribution is 2.37. The zero-order valence-corrected chi connectivity index (χ0v) is 20.6. The second kappa shape index (κ2) is 11.1. The lowest BCUT2D eigenvalue weighted by Gasteiger charge is -2.15. The van der Waals surface area contributed by atoms with Gasteiger partial charge in [-0.3, -0.25) is 9.40 Å². The highest BCUT2D eigenvalue weighted by molar-refractivity contribution is 7.92. The lowest BCUT2D eigenvalue weighted by atomic mass is 10.0. The molecule has 0 fully saturated rings. The van der Waals surface area contributed by atoms with Crippen molar-refractivity contribution in [3.63, 3.8) is 0 Å². The summed E-state index contributed by atoms with van der Waals surface area (Å²) in [6.45, 7) is -5.14. The number of anilines is 2. The molecular formula is C22H27ClFN7O4S. The lowest BCUT2D eigenvalue weighted by Crippen LogP contribution is -2.28. The first kappa shape index (κ1) is 18.8. The number of hydrogen-bond acceptors (Lipinski definition) is 8. The van der Waals surface area contributed by atoms with E-state index in [1.54, 1.807) is 6.92 Å². The highest BCUT2D eigenvalue weighted by atomic mass is 35.5. The molecule has 0 unspecified atom stereocenters. The van der Waals surface area contributed by atoms with E-state index in [0.717, 1.165) is 24.6 Å². The molecule has 14 heteroatoms. The van der Waals surface area contributed by atoms with Crippen molar-refractivity contribution in [2.24, 2.45) is 5.73 Å². The van der Waals surface area contributed by atoms with Crippen molar-refractivity contribution in [1.29, 1.82) is 0 Å². The predicted octanol–water partition coefficient (Wildman–Crippen LogP) is 4.04. The van der Waals surface area contributed by atoms with E-state index in [4.69, 9.17) is 31.7 Å². The van der Waals surface area contributed by atoms with Gasteiger partial charge in [0.2, 0.25) is 16.0 Å². The van der Waals surface area contributed by atoms with E-state index in [-0.39, 0.29) is 28.8 Å². The van der Waals surface area contributed by atoms with Crippen LogP contribution in [0, 0.1) is 5.82 Å². The molecule has 0 spiro atoms. The summed E-state index contributed by atoms with van der Waals surface area (Å²) < 4.78 is 102. The first-order chi connectivity index (χ1) is 19.7. The topological polar surface area (TPSA) is 154 Å². The summed E-state index contributed by atoms with van der Waals surface area (Å²) in [6, 6.07) is 0.0269. The first-order valence-electron chi connectivity index (χ1n) is 13.8. The summed E-state index contributed by atoms with van der Waals surface area (Å²) >= 11 is 6.15. The van der Waals surface area contributed by atoms with Gasteiger partial charge in [0.25, 0.3) is 0 Å². The fraction of sp³-hybridized carbons (Fsp3) is 0.364. The molecule has 4 N–H and O–H groups in total. The molecule has 0 radical (unpaired) electrons. The average molecular weight is 547 g/mol. The van der Waals surface area contributed by atoms with E-state index in [0.29, 0.717) is 11.1 Å². The van der Waals surface area contributed by atoms with Gasteiger partial charge in [-0.25, -0.2) is 27.6 Å². The first-order valence-corrected chi connectivity index (χ1v) is 12.6. The number of sulfonamides is 1. The van der Waals surface area contributed by atoms with Crippen LogP contribution < -0.4 is 15.8 Å². The van der Waals surface area contributed by atoms with E-state index in [9.17, 15) is 13.2 Å². The number of nitrogens with one attached hydrogen (secondary N) is 2. The van der Waals surface area contributed by atoms with Crippen LogP contribution in [0.15, 0.2) is 30.6 Å². The maximum atomic E-state index is 15.8. The van der Waals surface area contributed by atoms with Crippen LogP contribution in [0.2, 0.25) is 5.02 Å². The number of carbonyl (C=O) groups excluding carboxylic acids is 1. The Balaban J connectivity index is 2.28. The number of benzene rings is 1. The van der Waals surface area contributed by atoms with Crippen LogP contribution in [0.4, 0.5) is 20.8 Å². The molecule has 3 aromatic rings. The third-order valence-electron chi connectivity index (χ3n) is 4.69. The summed E-state index contributed by atoms with van der Waals surface area (Å²) in [4.78, 5) is 19.5. The molecule has 1 amide bonds. The molecule has 11 nitrogen and oxygen atoms in total.